The van der Waals surface area contributed by atoms with Crippen LogP contribution in [0.15, 0.2) is 24.3 Å². The fraction of sp³-hybridized carbons (Fsp3) is 0.250. The number of phenols is 1. The first-order chi connectivity index (χ1) is 4.83. The molecule has 0 bridgehead atoms. The average Bonchev–Trinajstić information content (AvgIpc) is 1.95. The van der Waals surface area contributed by atoms with E-state index in [1.807, 2.05) is 12.1 Å². The summed E-state index contributed by atoms with van der Waals surface area (Å²) in [7, 11) is 1.77. The highest BCUT2D eigenvalue weighted by Gasteiger charge is 1.84. The number of hydrogen-bond donors (Lipinski definition) is 1. The molecule has 0 heterocycles. The molecule has 0 radical (unpaired) electrons. The summed E-state index contributed by atoms with van der Waals surface area (Å²) in [4.78, 5) is 0. The van der Waals surface area contributed by atoms with Crippen molar-refractivity contribution in [1.82, 2.24) is 0 Å². The van der Waals surface area contributed by atoms with Crippen LogP contribution in [0.1, 0.15) is 5.56 Å². The summed E-state index contributed by atoms with van der Waals surface area (Å²) in [5.74, 6) is 0.305. The van der Waals surface area contributed by atoms with Gasteiger partial charge in [0.15, 0.2) is 0 Å². The molecule has 2 nitrogen and oxygen atoms in total. The average molecular weight is 136 g/mol. The minimum Gasteiger partial charge on any atom is -0.661 e. The standard InChI is InChI=1S/C8H10NO/c1-9-6-7-2-4-8(10)5-3-7/h2-5,10H,6H2,1H3/q-1. The first-order valence-electron chi connectivity index (χ1n) is 3.16. The van der Waals surface area contributed by atoms with Crippen molar-refractivity contribution in [2.45, 2.75) is 6.54 Å². The van der Waals surface area contributed by atoms with Gasteiger partial charge in [-0.05, 0) is 12.1 Å². The Balaban J connectivity index is 2.69. The molecular formula is C8H10NO-. The summed E-state index contributed by atoms with van der Waals surface area (Å²) in [6, 6.07) is 7.06. The van der Waals surface area contributed by atoms with Crippen LogP contribution in [0.3, 0.4) is 0 Å². The van der Waals surface area contributed by atoms with E-state index < -0.39 is 0 Å². The van der Waals surface area contributed by atoms with E-state index in [2.05, 4.69) is 5.32 Å². The van der Waals surface area contributed by atoms with Crippen molar-refractivity contribution in [1.29, 1.82) is 0 Å². The molecule has 0 atom stereocenters. The Labute approximate surface area is 60.5 Å². The fourth-order valence-corrected chi connectivity index (χ4v) is 0.784. The molecule has 10 heavy (non-hydrogen) atoms. The van der Waals surface area contributed by atoms with Crippen molar-refractivity contribution in [3.05, 3.63) is 35.1 Å². The van der Waals surface area contributed by atoms with Crippen molar-refractivity contribution >= 4 is 0 Å². The zero-order valence-corrected chi connectivity index (χ0v) is 5.91. The number of hydrogen-bond acceptors (Lipinski definition) is 1. The van der Waals surface area contributed by atoms with Gasteiger partial charge < -0.3 is 10.4 Å². The van der Waals surface area contributed by atoms with Gasteiger partial charge in [-0.25, -0.2) is 0 Å². The van der Waals surface area contributed by atoms with Crippen LogP contribution in [-0.2, 0) is 6.54 Å². The minimum atomic E-state index is 0.305. The Morgan fingerprint density at radius 2 is 1.90 bits per heavy atom. The Morgan fingerprint density at radius 1 is 1.30 bits per heavy atom. The predicted octanol–water partition coefficient (Wildman–Crippen LogP) is 1.90. The maximum Gasteiger partial charge on any atom is 0.115 e. The summed E-state index contributed by atoms with van der Waals surface area (Å²) >= 11 is 0. The monoisotopic (exact) mass is 136 g/mol. The molecule has 1 aromatic carbocycles. The molecule has 2 heteroatoms. The fourth-order valence-electron chi connectivity index (χ4n) is 0.784. The molecule has 0 spiro atoms. The van der Waals surface area contributed by atoms with E-state index in [1.54, 1.807) is 19.2 Å². The van der Waals surface area contributed by atoms with E-state index in [0.29, 0.717) is 5.75 Å². The normalized spacial score (nSPS) is 9.70. The van der Waals surface area contributed by atoms with Crippen LogP contribution < -0.4 is 0 Å². The lowest BCUT2D eigenvalue weighted by molar-refractivity contribution is 0.475. The lowest BCUT2D eigenvalue weighted by atomic mass is 10.2. The van der Waals surface area contributed by atoms with E-state index in [-0.39, 0.29) is 0 Å². The van der Waals surface area contributed by atoms with E-state index in [9.17, 15) is 0 Å². The molecule has 0 saturated carbocycles. The van der Waals surface area contributed by atoms with Crippen molar-refractivity contribution in [2.24, 2.45) is 0 Å². The smallest absolute Gasteiger partial charge is 0.115 e. The summed E-state index contributed by atoms with van der Waals surface area (Å²) < 4.78 is 0. The SMILES string of the molecule is C[N-]Cc1ccc(O)cc1. The van der Waals surface area contributed by atoms with Gasteiger partial charge in [0.2, 0.25) is 0 Å². The summed E-state index contributed by atoms with van der Waals surface area (Å²) in [5, 5.41) is 12.8. The number of nitrogens with zero attached hydrogens (tertiary/aromatic N) is 1. The van der Waals surface area contributed by atoms with Gasteiger partial charge in [-0.3, -0.25) is 0 Å². The second-order valence-electron chi connectivity index (χ2n) is 2.14. The first kappa shape index (κ1) is 7.09. The third-order valence-corrected chi connectivity index (χ3v) is 1.28. The van der Waals surface area contributed by atoms with E-state index in [4.69, 9.17) is 5.11 Å². The van der Waals surface area contributed by atoms with Crippen molar-refractivity contribution in [2.75, 3.05) is 7.05 Å². The molecule has 1 N–H and O–H groups in total. The third-order valence-electron chi connectivity index (χ3n) is 1.28. The number of rotatable bonds is 2. The maximum atomic E-state index is 8.89. The Morgan fingerprint density at radius 3 is 2.40 bits per heavy atom. The topological polar surface area (TPSA) is 34.3 Å². The Bertz CT molecular complexity index is 193. The molecule has 0 amide bonds. The predicted molar refractivity (Wildman–Crippen MR) is 41.1 cm³/mol. The van der Waals surface area contributed by atoms with Crippen molar-refractivity contribution in [3.63, 3.8) is 0 Å². The summed E-state index contributed by atoms with van der Waals surface area (Å²) in [6.45, 7) is 0.722. The quantitative estimate of drug-likeness (QED) is 0.662. The zero-order chi connectivity index (χ0) is 7.40. The molecule has 0 aliphatic carbocycles. The van der Waals surface area contributed by atoms with Gasteiger partial charge in [-0.2, -0.15) is 7.05 Å². The largest absolute Gasteiger partial charge is 0.661 e. The van der Waals surface area contributed by atoms with Crippen LogP contribution >= 0.6 is 0 Å². The van der Waals surface area contributed by atoms with Crippen LogP contribution in [0.25, 0.3) is 5.32 Å². The molecule has 0 unspecified atom stereocenters. The van der Waals surface area contributed by atoms with Gasteiger partial charge in [0.05, 0.1) is 0 Å². The summed E-state index contributed by atoms with van der Waals surface area (Å²) in [5.41, 5.74) is 1.13. The molecule has 54 valence electrons. The highest BCUT2D eigenvalue weighted by Crippen LogP contribution is 2.10. The minimum absolute atomic E-state index is 0.305. The van der Waals surface area contributed by atoms with Gasteiger partial charge >= 0.3 is 0 Å². The molecular weight excluding hydrogens is 126 g/mol. The lowest BCUT2D eigenvalue weighted by Gasteiger charge is -2.09. The molecule has 1 rings (SSSR count). The number of benzene rings is 1. The molecule has 0 saturated heterocycles. The van der Waals surface area contributed by atoms with E-state index >= 15 is 0 Å². The van der Waals surface area contributed by atoms with Crippen LogP contribution in [-0.4, -0.2) is 12.2 Å². The highest BCUT2D eigenvalue weighted by atomic mass is 16.3. The van der Waals surface area contributed by atoms with Gasteiger partial charge in [-0.1, -0.05) is 17.7 Å². The van der Waals surface area contributed by atoms with Gasteiger partial charge in [0.25, 0.3) is 0 Å². The number of aromatic hydroxyl groups is 1. The third kappa shape index (κ3) is 1.74. The Hall–Kier alpha value is -1.02. The molecule has 0 aliphatic rings. The second kappa shape index (κ2) is 3.22. The highest BCUT2D eigenvalue weighted by molar-refractivity contribution is 5.26. The maximum absolute atomic E-state index is 8.89. The van der Waals surface area contributed by atoms with E-state index in [0.717, 1.165) is 12.1 Å². The molecule has 0 aliphatic heterocycles. The lowest BCUT2D eigenvalue weighted by Crippen LogP contribution is -1.79. The van der Waals surface area contributed by atoms with Crippen LogP contribution in [0.2, 0.25) is 0 Å². The van der Waals surface area contributed by atoms with Crippen LogP contribution in [0.4, 0.5) is 0 Å². The van der Waals surface area contributed by atoms with E-state index in [1.165, 1.54) is 0 Å². The van der Waals surface area contributed by atoms with Gasteiger partial charge in [-0.15, -0.1) is 6.54 Å². The Kier molecular flexibility index (Phi) is 2.29. The first-order valence-corrected chi connectivity index (χ1v) is 3.16. The van der Waals surface area contributed by atoms with Crippen LogP contribution in [0.5, 0.6) is 5.75 Å². The zero-order valence-electron chi connectivity index (χ0n) is 5.91. The van der Waals surface area contributed by atoms with Gasteiger partial charge in [0, 0.05) is 0 Å². The number of phenolic OH excluding ortho intramolecular Hbond substituents is 1. The second-order valence-corrected chi connectivity index (χ2v) is 2.14. The van der Waals surface area contributed by atoms with Crippen LogP contribution in [0, 0.1) is 0 Å². The van der Waals surface area contributed by atoms with Crippen molar-refractivity contribution < 1.29 is 5.11 Å². The molecule has 0 fully saturated rings. The molecule has 1 aromatic rings. The molecule has 0 aromatic heterocycles. The van der Waals surface area contributed by atoms with Crippen molar-refractivity contribution in [3.8, 4) is 5.75 Å². The van der Waals surface area contributed by atoms with Gasteiger partial charge in [0.1, 0.15) is 5.75 Å². The summed E-state index contributed by atoms with van der Waals surface area (Å²) in [6.07, 6.45) is 0.